The van der Waals surface area contributed by atoms with E-state index < -0.39 is 5.92 Å². The normalized spacial score (nSPS) is 20.4. The van der Waals surface area contributed by atoms with Crippen LogP contribution in [-0.2, 0) is 24.9 Å². The van der Waals surface area contributed by atoms with Crippen LogP contribution in [0.3, 0.4) is 0 Å². The highest BCUT2D eigenvalue weighted by molar-refractivity contribution is 5.81. The number of halogens is 2. The molecule has 0 unspecified atom stereocenters. The van der Waals surface area contributed by atoms with Gasteiger partial charge in [0.2, 0.25) is 0 Å². The van der Waals surface area contributed by atoms with Crippen molar-refractivity contribution in [2.45, 2.75) is 45.0 Å². The van der Waals surface area contributed by atoms with Gasteiger partial charge in [-0.1, -0.05) is 0 Å². The number of hydrogen-bond donors (Lipinski definition) is 0. The number of aromatic nitrogens is 5. The molecule has 0 saturated carbocycles. The van der Waals surface area contributed by atoms with E-state index in [1.807, 2.05) is 32.2 Å². The zero-order valence-corrected chi connectivity index (χ0v) is 22.2. The third-order valence-corrected chi connectivity index (χ3v) is 7.99. The molecule has 0 N–H and O–H groups in total. The number of ether oxygens (including phenoxy) is 1. The highest BCUT2D eigenvalue weighted by Gasteiger charge is 2.47. The summed E-state index contributed by atoms with van der Waals surface area (Å²) in [4.78, 5) is 39.0. The third-order valence-electron chi connectivity index (χ3n) is 7.99. The molecular formula is C27H31F2N7O3. The Bertz CT molecular complexity index is 1670. The summed E-state index contributed by atoms with van der Waals surface area (Å²) in [5.74, 6) is -2.05. The number of nitrogens with zero attached hydrogens (tertiary/aromatic N) is 7. The molecule has 0 spiro atoms. The summed E-state index contributed by atoms with van der Waals surface area (Å²) in [6, 6.07) is 7.31. The average molecular weight is 540 g/mol. The number of aryl methyl sites for hydroxylation is 3. The largest absolute Gasteiger partial charge is 0.373 e. The maximum atomic E-state index is 13.4. The van der Waals surface area contributed by atoms with E-state index in [1.165, 1.54) is 0 Å². The first-order valence-corrected chi connectivity index (χ1v) is 13.1. The zero-order chi connectivity index (χ0) is 27.5. The number of hydrogen-bond acceptors (Lipinski definition) is 7. The van der Waals surface area contributed by atoms with E-state index in [4.69, 9.17) is 9.72 Å². The fourth-order valence-electron chi connectivity index (χ4n) is 5.60. The monoisotopic (exact) mass is 539 g/mol. The van der Waals surface area contributed by atoms with Gasteiger partial charge in [-0.15, -0.1) is 0 Å². The van der Waals surface area contributed by atoms with Crippen LogP contribution in [0, 0.1) is 6.92 Å². The van der Waals surface area contributed by atoms with E-state index in [0.717, 1.165) is 11.2 Å². The summed E-state index contributed by atoms with van der Waals surface area (Å²) in [5, 5.41) is 0.498. The highest BCUT2D eigenvalue weighted by atomic mass is 19.3. The van der Waals surface area contributed by atoms with Crippen LogP contribution in [0.4, 0.5) is 14.5 Å². The topological polar surface area (TPSA) is 90.4 Å². The summed E-state index contributed by atoms with van der Waals surface area (Å²) in [6.07, 6.45) is 3.14. The number of benzene rings is 1. The Balaban J connectivity index is 1.20. The molecule has 0 bridgehead atoms. The lowest BCUT2D eigenvalue weighted by molar-refractivity contribution is -0.162. The Hall–Kier alpha value is -3.64. The van der Waals surface area contributed by atoms with E-state index in [1.54, 1.807) is 44.1 Å². The fraction of sp³-hybridized carbons (Fsp3) is 0.481. The second-order valence-corrected chi connectivity index (χ2v) is 10.6. The predicted molar refractivity (Wildman–Crippen MR) is 144 cm³/mol. The molecule has 2 aliphatic heterocycles. The molecule has 10 nitrogen and oxygen atoms in total. The predicted octanol–water partition coefficient (Wildman–Crippen LogP) is 2.00. The summed E-state index contributed by atoms with van der Waals surface area (Å²) in [7, 11) is 1.84. The lowest BCUT2D eigenvalue weighted by atomic mass is 10.0. The molecule has 6 rings (SSSR count). The average Bonchev–Trinajstić information content (AvgIpc) is 3.28. The van der Waals surface area contributed by atoms with Crippen LogP contribution >= 0.6 is 0 Å². The van der Waals surface area contributed by atoms with E-state index in [0.29, 0.717) is 55.0 Å². The molecule has 1 aromatic carbocycles. The standard InChI is InChI=1S/C27H31F2N7O3/c1-17(35-14-27(28,29)15-35)23-13-34(10-11-39-23)19-4-5-20-21(12-19)31-18(2)36(25(20)37)9-8-33-7-6-22-24(26(33)38)30-16-32(22)3/h4-7,12,16-17,23H,8-11,13-15H2,1-3H3/t17-,23-/m1/s1. The van der Waals surface area contributed by atoms with E-state index >= 15 is 0 Å². The van der Waals surface area contributed by atoms with Gasteiger partial charge in [-0.2, -0.15) is 0 Å². The molecule has 2 atom stereocenters. The number of imidazole rings is 1. The van der Waals surface area contributed by atoms with Gasteiger partial charge in [-0.25, -0.2) is 18.7 Å². The first kappa shape index (κ1) is 25.6. The lowest BCUT2D eigenvalue weighted by Gasteiger charge is -2.47. The van der Waals surface area contributed by atoms with Gasteiger partial charge in [0.25, 0.3) is 17.0 Å². The van der Waals surface area contributed by atoms with Crippen molar-refractivity contribution in [3.05, 3.63) is 63.3 Å². The van der Waals surface area contributed by atoms with Crippen molar-refractivity contribution in [3.8, 4) is 0 Å². The summed E-state index contributed by atoms with van der Waals surface area (Å²) >= 11 is 0. The van der Waals surface area contributed by atoms with Crippen LogP contribution in [-0.4, -0.2) is 79.4 Å². The molecule has 206 valence electrons. The highest BCUT2D eigenvalue weighted by Crippen LogP contribution is 2.31. The minimum atomic E-state index is -2.61. The number of fused-ring (bicyclic) bond motifs is 2. The van der Waals surface area contributed by atoms with Gasteiger partial charge < -0.3 is 18.8 Å². The molecule has 2 aliphatic rings. The third kappa shape index (κ3) is 4.61. The zero-order valence-electron chi connectivity index (χ0n) is 22.2. The quantitative estimate of drug-likeness (QED) is 0.370. The first-order valence-electron chi connectivity index (χ1n) is 13.1. The van der Waals surface area contributed by atoms with E-state index in [9.17, 15) is 18.4 Å². The van der Waals surface area contributed by atoms with Crippen LogP contribution in [0.15, 0.2) is 46.4 Å². The van der Waals surface area contributed by atoms with Gasteiger partial charge in [0.15, 0.2) is 5.52 Å². The van der Waals surface area contributed by atoms with Crippen LogP contribution in [0.5, 0.6) is 0 Å². The molecule has 0 aliphatic carbocycles. The number of pyridine rings is 1. The van der Waals surface area contributed by atoms with E-state index in [2.05, 4.69) is 9.88 Å². The summed E-state index contributed by atoms with van der Waals surface area (Å²) < 4.78 is 37.6. The number of likely N-dealkylation sites (tertiary alicyclic amines) is 1. The van der Waals surface area contributed by atoms with Gasteiger partial charge in [0.05, 0.1) is 48.5 Å². The number of anilines is 1. The maximum absolute atomic E-state index is 13.4. The number of morpholine rings is 1. The summed E-state index contributed by atoms with van der Waals surface area (Å²) in [5.41, 5.74) is 2.31. The lowest BCUT2D eigenvalue weighted by Crippen LogP contribution is -2.64. The molecule has 3 aromatic heterocycles. The molecule has 0 radical (unpaired) electrons. The maximum Gasteiger partial charge on any atom is 0.278 e. The van der Waals surface area contributed by atoms with Crippen molar-refractivity contribution < 1.29 is 13.5 Å². The Morgan fingerprint density at radius 3 is 2.72 bits per heavy atom. The van der Waals surface area contributed by atoms with Crippen molar-refractivity contribution in [3.63, 3.8) is 0 Å². The molecule has 5 heterocycles. The van der Waals surface area contributed by atoms with Gasteiger partial charge >= 0.3 is 0 Å². The Labute approximate surface area is 223 Å². The van der Waals surface area contributed by atoms with Crippen molar-refractivity contribution in [1.82, 2.24) is 28.6 Å². The molecule has 4 aromatic rings. The summed E-state index contributed by atoms with van der Waals surface area (Å²) in [6.45, 7) is 5.59. The van der Waals surface area contributed by atoms with Crippen LogP contribution in [0.1, 0.15) is 12.7 Å². The van der Waals surface area contributed by atoms with Crippen molar-refractivity contribution >= 4 is 27.6 Å². The van der Waals surface area contributed by atoms with Crippen molar-refractivity contribution in [1.29, 1.82) is 0 Å². The molecule has 12 heteroatoms. The SMILES string of the molecule is Cc1nc2cc(N3CCO[C@@H]([C@@H](C)N4CC(F)(F)C4)C3)ccc2c(=O)n1CCn1ccc2c(ncn2C)c1=O. The van der Waals surface area contributed by atoms with Gasteiger partial charge in [0, 0.05) is 51.2 Å². The first-order chi connectivity index (χ1) is 18.6. The van der Waals surface area contributed by atoms with Gasteiger partial charge in [-0.05, 0) is 38.1 Å². The molecule has 2 fully saturated rings. The Kier molecular flexibility index (Phi) is 6.26. The Morgan fingerprint density at radius 2 is 1.95 bits per heavy atom. The molecule has 0 amide bonds. The number of alkyl halides is 2. The van der Waals surface area contributed by atoms with Crippen molar-refractivity contribution in [2.24, 2.45) is 7.05 Å². The molecule has 2 saturated heterocycles. The van der Waals surface area contributed by atoms with Gasteiger partial charge in [0.1, 0.15) is 5.82 Å². The second kappa shape index (κ2) is 9.53. The van der Waals surface area contributed by atoms with Crippen LogP contribution < -0.4 is 16.0 Å². The second-order valence-electron chi connectivity index (χ2n) is 10.6. The minimum absolute atomic E-state index is 0.119. The minimum Gasteiger partial charge on any atom is -0.373 e. The fourth-order valence-corrected chi connectivity index (χ4v) is 5.60. The van der Waals surface area contributed by atoms with E-state index in [-0.39, 0.29) is 36.4 Å². The van der Waals surface area contributed by atoms with Crippen LogP contribution in [0.2, 0.25) is 0 Å². The number of rotatable bonds is 6. The van der Waals surface area contributed by atoms with Gasteiger partial charge in [-0.3, -0.25) is 19.1 Å². The smallest absolute Gasteiger partial charge is 0.278 e. The Morgan fingerprint density at radius 1 is 1.15 bits per heavy atom. The van der Waals surface area contributed by atoms with Crippen molar-refractivity contribution in [2.75, 3.05) is 37.7 Å². The molecular weight excluding hydrogens is 508 g/mol. The molecule has 39 heavy (non-hydrogen) atoms. The van der Waals surface area contributed by atoms with Crippen LogP contribution in [0.25, 0.3) is 21.9 Å².